The molecule has 0 saturated heterocycles. The average Bonchev–Trinajstić information content (AvgIpc) is 2.18. The van der Waals surface area contributed by atoms with Crippen LogP contribution in [0.1, 0.15) is 10.4 Å². The fourth-order valence-corrected chi connectivity index (χ4v) is 0.935. The molecule has 3 N–H and O–H groups in total. The topological polar surface area (TPSA) is 89.6 Å². The SMILES string of the molecule is NC(=O)c1ccccc1OC(F)C(=O)O. The largest absolute Gasteiger partial charge is 0.476 e. The zero-order valence-corrected chi connectivity index (χ0v) is 7.51. The smallest absolute Gasteiger partial charge is 0.378 e. The molecule has 0 aliphatic rings. The van der Waals surface area contributed by atoms with E-state index in [0.717, 1.165) is 0 Å². The van der Waals surface area contributed by atoms with E-state index in [9.17, 15) is 14.0 Å². The van der Waals surface area contributed by atoms with Gasteiger partial charge in [0.2, 0.25) is 0 Å². The first-order valence-electron chi connectivity index (χ1n) is 3.94. The molecule has 0 fully saturated rings. The van der Waals surface area contributed by atoms with Crippen molar-refractivity contribution in [3.05, 3.63) is 29.8 Å². The van der Waals surface area contributed by atoms with Crippen LogP contribution in [-0.4, -0.2) is 23.3 Å². The number of carboxylic acid groups (broad SMARTS) is 1. The lowest BCUT2D eigenvalue weighted by atomic mass is 10.2. The van der Waals surface area contributed by atoms with Gasteiger partial charge in [-0.05, 0) is 12.1 Å². The van der Waals surface area contributed by atoms with Gasteiger partial charge in [-0.3, -0.25) is 4.79 Å². The van der Waals surface area contributed by atoms with Crippen molar-refractivity contribution in [2.24, 2.45) is 5.73 Å². The Kier molecular flexibility index (Phi) is 3.22. The highest BCUT2D eigenvalue weighted by molar-refractivity contribution is 5.95. The molecule has 0 saturated carbocycles. The van der Waals surface area contributed by atoms with Crippen molar-refractivity contribution < 1.29 is 23.8 Å². The van der Waals surface area contributed by atoms with Gasteiger partial charge in [0.15, 0.2) is 0 Å². The second-order valence-corrected chi connectivity index (χ2v) is 2.63. The van der Waals surface area contributed by atoms with Crippen molar-refractivity contribution in [3.8, 4) is 5.75 Å². The Bertz CT molecular complexity index is 393. The Morgan fingerprint density at radius 1 is 1.40 bits per heavy atom. The van der Waals surface area contributed by atoms with E-state index in [1.165, 1.54) is 24.3 Å². The molecule has 1 aromatic rings. The lowest BCUT2D eigenvalue weighted by Crippen LogP contribution is -2.23. The lowest BCUT2D eigenvalue weighted by molar-refractivity contribution is -0.153. The zero-order valence-electron chi connectivity index (χ0n) is 7.51. The first-order valence-corrected chi connectivity index (χ1v) is 3.94. The molecule has 6 heteroatoms. The van der Waals surface area contributed by atoms with Crippen LogP contribution in [0.5, 0.6) is 5.75 Å². The minimum absolute atomic E-state index is 0.0681. The van der Waals surface area contributed by atoms with Crippen molar-refractivity contribution in [2.45, 2.75) is 6.36 Å². The van der Waals surface area contributed by atoms with Gasteiger partial charge in [0, 0.05) is 0 Å². The molecule has 1 unspecified atom stereocenters. The number of hydrogen-bond acceptors (Lipinski definition) is 3. The van der Waals surface area contributed by atoms with Gasteiger partial charge in [0.05, 0.1) is 5.56 Å². The van der Waals surface area contributed by atoms with Crippen LogP contribution in [0.4, 0.5) is 4.39 Å². The van der Waals surface area contributed by atoms with E-state index < -0.39 is 18.2 Å². The molecule has 1 atom stereocenters. The van der Waals surface area contributed by atoms with E-state index in [-0.39, 0.29) is 11.3 Å². The lowest BCUT2D eigenvalue weighted by Gasteiger charge is -2.09. The number of rotatable bonds is 4. The molecule has 15 heavy (non-hydrogen) atoms. The normalized spacial score (nSPS) is 11.8. The third-order valence-electron chi connectivity index (χ3n) is 1.58. The highest BCUT2D eigenvalue weighted by atomic mass is 19.1. The van der Waals surface area contributed by atoms with Crippen molar-refractivity contribution in [3.63, 3.8) is 0 Å². The minimum Gasteiger partial charge on any atom is -0.476 e. The molecule has 1 aromatic carbocycles. The number of alkyl halides is 1. The fraction of sp³-hybridized carbons (Fsp3) is 0.111. The molecular formula is C9H8FNO4. The van der Waals surface area contributed by atoms with Crippen LogP contribution in [0.25, 0.3) is 0 Å². The Hall–Kier alpha value is -2.11. The number of nitrogens with two attached hydrogens (primary N) is 1. The standard InChI is InChI=1S/C9H8FNO4/c10-7(9(13)14)15-6-4-2-1-3-5(6)8(11)12/h1-4,7H,(H2,11,12)(H,13,14). The molecule has 0 aromatic heterocycles. The number of aliphatic carboxylic acids is 1. The summed E-state index contributed by atoms with van der Waals surface area (Å²) in [6.45, 7) is 0. The number of halogens is 1. The second kappa shape index (κ2) is 4.41. The number of carbonyl (C=O) groups excluding carboxylic acids is 1. The van der Waals surface area contributed by atoms with Crippen molar-refractivity contribution in [1.82, 2.24) is 0 Å². The highest BCUT2D eigenvalue weighted by Crippen LogP contribution is 2.18. The molecule has 0 bridgehead atoms. The first-order chi connectivity index (χ1) is 7.02. The van der Waals surface area contributed by atoms with E-state index in [1.807, 2.05) is 0 Å². The van der Waals surface area contributed by atoms with Crippen LogP contribution in [-0.2, 0) is 4.79 Å². The summed E-state index contributed by atoms with van der Waals surface area (Å²) in [6.07, 6.45) is -2.52. The van der Waals surface area contributed by atoms with Gasteiger partial charge in [-0.2, -0.15) is 4.39 Å². The maximum atomic E-state index is 12.7. The molecule has 5 nitrogen and oxygen atoms in total. The Labute approximate surface area is 84.3 Å². The van der Waals surface area contributed by atoms with Gasteiger partial charge in [0.25, 0.3) is 5.91 Å². The quantitative estimate of drug-likeness (QED) is 0.763. The number of carboxylic acids is 1. The van der Waals surface area contributed by atoms with Gasteiger partial charge in [0.1, 0.15) is 5.75 Å². The third-order valence-corrected chi connectivity index (χ3v) is 1.58. The van der Waals surface area contributed by atoms with Crippen LogP contribution < -0.4 is 10.5 Å². The number of ether oxygens (including phenoxy) is 1. The summed E-state index contributed by atoms with van der Waals surface area (Å²) in [5.74, 6) is -2.78. The van der Waals surface area contributed by atoms with E-state index in [0.29, 0.717) is 0 Å². The Morgan fingerprint density at radius 2 is 2.00 bits per heavy atom. The third kappa shape index (κ3) is 2.67. The van der Waals surface area contributed by atoms with Crippen molar-refractivity contribution >= 4 is 11.9 Å². The molecule has 80 valence electrons. The molecule has 0 heterocycles. The first kappa shape index (κ1) is 11.0. The maximum absolute atomic E-state index is 12.7. The second-order valence-electron chi connectivity index (χ2n) is 2.63. The number of carbonyl (C=O) groups is 2. The highest BCUT2D eigenvalue weighted by Gasteiger charge is 2.19. The van der Waals surface area contributed by atoms with E-state index >= 15 is 0 Å². The summed E-state index contributed by atoms with van der Waals surface area (Å²) in [5, 5.41) is 8.26. The van der Waals surface area contributed by atoms with E-state index in [1.54, 1.807) is 0 Å². The van der Waals surface area contributed by atoms with Crippen LogP contribution in [0, 0.1) is 0 Å². The summed E-state index contributed by atoms with van der Waals surface area (Å²) in [5.41, 5.74) is 4.91. The maximum Gasteiger partial charge on any atom is 0.378 e. The Morgan fingerprint density at radius 3 is 2.53 bits per heavy atom. The van der Waals surface area contributed by atoms with Crippen molar-refractivity contribution in [2.75, 3.05) is 0 Å². The van der Waals surface area contributed by atoms with E-state index in [4.69, 9.17) is 10.8 Å². The zero-order chi connectivity index (χ0) is 11.4. The monoisotopic (exact) mass is 213 g/mol. The fourth-order valence-electron chi connectivity index (χ4n) is 0.935. The van der Waals surface area contributed by atoms with Gasteiger partial charge in [-0.15, -0.1) is 0 Å². The number of para-hydroxylation sites is 1. The van der Waals surface area contributed by atoms with Gasteiger partial charge >= 0.3 is 12.3 Å². The molecule has 0 aliphatic heterocycles. The molecular weight excluding hydrogens is 205 g/mol. The predicted molar refractivity (Wildman–Crippen MR) is 48.1 cm³/mol. The van der Waals surface area contributed by atoms with Crippen LogP contribution in [0.3, 0.4) is 0 Å². The molecule has 0 spiro atoms. The van der Waals surface area contributed by atoms with Gasteiger partial charge < -0.3 is 15.6 Å². The van der Waals surface area contributed by atoms with Crippen LogP contribution >= 0.6 is 0 Å². The molecule has 1 amide bonds. The van der Waals surface area contributed by atoms with Crippen molar-refractivity contribution in [1.29, 1.82) is 0 Å². The number of hydrogen-bond donors (Lipinski definition) is 2. The summed E-state index contributed by atoms with van der Waals surface area (Å²) < 4.78 is 17.1. The summed E-state index contributed by atoms with van der Waals surface area (Å²) in [6, 6.07) is 5.54. The van der Waals surface area contributed by atoms with Gasteiger partial charge in [-0.1, -0.05) is 12.1 Å². The number of amides is 1. The molecule has 0 aliphatic carbocycles. The van der Waals surface area contributed by atoms with Crippen LogP contribution in [0.15, 0.2) is 24.3 Å². The molecule has 1 rings (SSSR count). The summed E-state index contributed by atoms with van der Waals surface area (Å²) >= 11 is 0. The summed E-state index contributed by atoms with van der Waals surface area (Å²) in [4.78, 5) is 21.0. The van der Waals surface area contributed by atoms with Crippen LogP contribution in [0.2, 0.25) is 0 Å². The Balaban J connectivity index is 2.94. The summed E-state index contributed by atoms with van der Waals surface area (Å²) in [7, 11) is 0. The van der Waals surface area contributed by atoms with Gasteiger partial charge in [-0.25, -0.2) is 4.79 Å². The number of benzene rings is 1. The minimum atomic E-state index is -2.52. The van der Waals surface area contributed by atoms with E-state index in [2.05, 4.69) is 4.74 Å². The molecule has 0 radical (unpaired) electrons. The average molecular weight is 213 g/mol. The number of primary amides is 1. The predicted octanol–water partition coefficient (Wildman–Crippen LogP) is 0.544.